The van der Waals surface area contributed by atoms with Crippen LogP contribution in [0.15, 0.2) is 66.7 Å². The van der Waals surface area contributed by atoms with Crippen molar-refractivity contribution in [1.29, 1.82) is 0 Å². The van der Waals surface area contributed by atoms with Gasteiger partial charge in [-0.3, -0.25) is 0 Å². The lowest BCUT2D eigenvalue weighted by atomic mass is 10.0. The molecule has 0 radical (unpaired) electrons. The number of rotatable bonds is 2. The molecule has 0 saturated heterocycles. The maximum atomic E-state index is 11.3. The van der Waals surface area contributed by atoms with E-state index in [0.717, 1.165) is 10.9 Å². The third-order valence-electron chi connectivity index (χ3n) is 3.60. The number of esters is 1. The van der Waals surface area contributed by atoms with E-state index in [0.29, 0.717) is 5.57 Å². The summed E-state index contributed by atoms with van der Waals surface area (Å²) in [5.41, 5.74) is 1.28. The Morgan fingerprint density at radius 3 is 2.61 bits per heavy atom. The molecule has 0 amide bonds. The van der Waals surface area contributed by atoms with Crippen LogP contribution in [0.5, 0.6) is 0 Å². The number of benzene rings is 3. The molecule has 3 aromatic carbocycles. The van der Waals surface area contributed by atoms with E-state index >= 15 is 0 Å². The van der Waals surface area contributed by atoms with E-state index < -0.39 is 5.97 Å². The zero-order chi connectivity index (χ0) is 16.2. The molecule has 0 aliphatic heterocycles. The van der Waals surface area contributed by atoms with Gasteiger partial charge in [-0.2, -0.15) is 0 Å². The highest BCUT2D eigenvalue weighted by Gasteiger charge is 2.01. The second kappa shape index (κ2) is 6.37. The van der Waals surface area contributed by atoms with Crippen LogP contribution in [0.1, 0.15) is 12.5 Å². The zero-order valence-corrected chi connectivity index (χ0v) is 12.9. The van der Waals surface area contributed by atoms with Gasteiger partial charge in [0.1, 0.15) is 0 Å². The Morgan fingerprint density at radius 1 is 1.04 bits per heavy atom. The molecule has 0 aliphatic carbocycles. The summed E-state index contributed by atoms with van der Waals surface area (Å²) >= 11 is 0. The molecule has 112 valence electrons. The highest BCUT2D eigenvalue weighted by molar-refractivity contribution is 6.07. The van der Waals surface area contributed by atoms with Gasteiger partial charge in [-0.25, -0.2) is 4.79 Å². The predicted molar refractivity (Wildman–Crippen MR) is 94.1 cm³/mol. The van der Waals surface area contributed by atoms with Crippen LogP contribution in [-0.2, 0) is 9.53 Å². The van der Waals surface area contributed by atoms with Crippen molar-refractivity contribution in [1.82, 2.24) is 0 Å². The van der Waals surface area contributed by atoms with E-state index in [-0.39, 0.29) is 6.61 Å². The van der Waals surface area contributed by atoms with Crippen molar-refractivity contribution in [3.63, 3.8) is 0 Å². The Morgan fingerprint density at radius 2 is 1.78 bits per heavy atom. The molecular weight excluding hydrogens is 284 g/mol. The number of hydrogen-bond acceptors (Lipinski definition) is 2. The molecule has 0 aliphatic rings. The SMILES string of the molecule is C=C(C)C(=O)OCC#Cc1ccc2c(ccc3ccccc32)c1. The van der Waals surface area contributed by atoms with Crippen molar-refractivity contribution in [2.45, 2.75) is 6.92 Å². The van der Waals surface area contributed by atoms with Crippen molar-refractivity contribution in [2.24, 2.45) is 0 Å². The van der Waals surface area contributed by atoms with Crippen LogP contribution in [0.2, 0.25) is 0 Å². The molecule has 0 spiro atoms. The van der Waals surface area contributed by atoms with Crippen LogP contribution in [-0.4, -0.2) is 12.6 Å². The molecule has 2 nitrogen and oxygen atoms in total. The lowest BCUT2D eigenvalue weighted by Gasteiger charge is -2.04. The quantitative estimate of drug-likeness (QED) is 0.302. The third kappa shape index (κ3) is 3.25. The lowest BCUT2D eigenvalue weighted by molar-refractivity contribution is -0.137. The van der Waals surface area contributed by atoms with Crippen LogP contribution in [0, 0.1) is 11.8 Å². The molecule has 3 rings (SSSR count). The second-order valence-electron chi connectivity index (χ2n) is 5.38. The topological polar surface area (TPSA) is 26.3 Å². The first-order chi connectivity index (χ1) is 11.1. The lowest BCUT2D eigenvalue weighted by Crippen LogP contribution is -2.04. The molecular formula is C21H16O2. The molecule has 2 heteroatoms. The van der Waals surface area contributed by atoms with Gasteiger partial charge in [0.25, 0.3) is 0 Å². The minimum absolute atomic E-state index is 0.0709. The summed E-state index contributed by atoms with van der Waals surface area (Å²) in [7, 11) is 0. The van der Waals surface area contributed by atoms with Crippen molar-refractivity contribution < 1.29 is 9.53 Å². The maximum absolute atomic E-state index is 11.3. The number of ether oxygens (including phenoxy) is 1. The summed E-state index contributed by atoms with van der Waals surface area (Å²) in [6, 6.07) is 18.7. The summed E-state index contributed by atoms with van der Waals surface area (Å²) in [5.74, 6) is 5.46. The number of carbonyl (C=O) groups is 1. The molecule has 3 aromatic rings. The van der Waals surface area contributed by atoms with Crippen molar-refractivity contribution in [3.05, 3.63) is 72.3 Å². The summed E-state index contributed by atoms with van der Waals surface area (Å²) in [5, 5.41) is 4.82. The minimum Gasteiger partial charge on any atom is -0.449 e. The molecule has 0 saturated carbocycles. The van der Waals surface area contributed by atoms with E-state index in [2.05, 4.69) is 54.8 Å². The highest BCUT2D eigenvalue weighted by Crippen LogP contribution is 2.25. The van der Waals surface area contributed by atoms with Gasteiger partial charge in [-0.1, -0.05) is 60.9 Å². The molecule has 0 unspecified atom stereocenters. The average Bonchev–Trinajstić information content (AvgIpc) is 2.58. The predicted octanol–water partition coefficient (Wildman–Crippen LogP) is 4.46. The smallest absolute Gasteiger partial charge is 0.334 e. The largest absolute Gasteiger partial charge is 0.449 e. The summed E-state index contributed by atoms with van der Waals surface area (Å²) < 4.78 is 4.96. The van der Waals surface area contributed by atoms with E-state index in [9.17, 15) is 4.79 Å². The number of carbonyl (C=O) groups excluding carboxylic acids is 1. The molecule has 0 fully saturated rings. The van der Waals surface area contributed by atoms with Gasteiger partial charge in [0.05, 0.1) is 0 Å². The minimum atomic E-state index is -0.413. The summed E-state index contributed by atoms with van der Waals surface area (Å²) in [4.78, 5) is 11.3. The van der Waals surface area contributed by atoms with Gasteiger partial charge in [0, 0.05) is 11.1 Å². The van der Waals surface area contributed by atoms with Gasteiger partial charge in [0.2, 0.25) is 0 Å². The average molecular weight is 300 g/mol. The Hall–Kier alpha value is -3.05. The van der Waals surface area contributed by atoms with E-state index in [1.807, 2.05) is 18.2 Å². The van der Waals surface area contributed by atoms with E-state index in [4.69, 9.17) is 4.74 Å². The Labute approximate surface area is 135 Å². The Kier molecular flexibility index (Phi) is 4.12. The highest BCUT2D eigenvalue weighted by atomic mass is 16.5. The third-order valence-corrected chi connectivity index (χ3v) is 3.60. The molecule has 0 atom stereocenters. The first-order valence-corrected chi connectivity index (χ1v) is 7.38. The van der Waals surface area contributed by atoms with E-state index in [1.54, 1.807) is 6.92 Å². The van der Waals surface area contributed by atoms with Crippen LogP contribution >= 0.6 is 0 Å². The zero-order valence-electron chi connectivity index (χ0n) is 12.9. The van der Waals surface area contributed by atoms with Gasteiger partial charge >= 0.3 is 5.97 Å². The normalized spacial score (nSPS) is 10.1. The molecule has 0 heterocycles. The fourth-order valence-electron chi connectivity index (χ4n) is 2.45. The van der Waals surface area contributed by atoms with Crippen LogP contribution < -0.4 is 0 Å². The monoisotopic (exact) mass is 300 g/mol. The van der Waals surface area contributed by atoms with Gasteiger partial charge < -0.3 is 4.74 Å². The Balaban J connectivity index is 1.85. The van der Waals surface area contributed by atoms with E-state index in [1.165, 1.54) is 16.2 Å². The van der Waals surface area contributed by atoms with Gasteiger partial charge in [-0.15, -0.1) is 0 Å². The van der Waals surface area contributed by atoms with Crippen molar-refractivity contribution >= 4 is 27.5 Å². The molecule has 0 aromatic heterocycles. The second-order valence-corrected chi connectivity index (χ2v) is 5.38. The fourth-order valence-corrected chi connectivity index (χ4v) is 2.45. The fraction of sp³-hybridized carbons (Fsp3) is 0.0952. The summed E-state index contributed by atoms with van der Waals surface area (Å²) in [6.07, 6.45) is 0. The molecule has 0 N–H and O–H groups in total. The Bertz CT molecular complexity index is 971. The van der Waals surface area contributed by atoms with Crippen LogP contribution in [0.25, 0.3) is 21.5 Å². The van der Waals surface area contributed by atoms with Crippen LogP contribution in [0.3, 0.4) is 0 Å². The van der Waals surface area contributed by atoms with Gasteiger partial charge in [-0.05, 0) is 40.6 Å². The van der Waals surface area contributed by atoms with Crippen molar-refractivity contribution in [2.75, 3.05) is 6.61 Å². The van der Waals surface area contributed by atoms with Crippen molar-refractivity contribution in [3.8, 4) is 11.8 Å². The van der Waals surface area contributed by atoms with Crippen LogP contribution in [0.4, 0.5) is 0 Å². The molecule has 0 bridgehead atoms. The maximum Gasteiger partial charge on any atom is 0.334 e. The standard InChI is InChI=1S/C21H16O2/c1-15(2)21(22)23-13-5-6-16-9-12-20-18(14-16)11-10-17-7-3-4-8-19(17)20/h3-4,7-12,14H,1,13H2,2H3. The summed E-state index contributed by atoms with van der Waals surface area (Å²) in [6.45, 7) is 5.21. The first-order valence-electron chi connectivity index (χ1n) is 7.38. The van der Waals surface area contributed by atoms with Gasteiger partial charge in [0.15, 0.2) is 6.61 Å². The number of hydrogen-bond donors (Lipinski definition) is 0. The number of fused-ring (bicyclic) bond motifs is 3. The molecule has 23 heavy (non-hydrogen) atoms. The first kappa shape index (κ1) is 14.9.